The summed E-state index contributed by atoms with van der Waals surface area (Å²) < 4.78 is 15.5. The minimum absolute atomic E-state index is 0.0384. The third kappa shape index (κ3) is 7.24. The number of imide groups is 1. The van der Waals surface area contributed by atoms with Crippen LogP contribution in [0.3, 0.4) is 0 Å². The maximum absolute atomic E-state index is 15.5. The first-order chi connectivity index (χ1) is 27.7. The van der Waals surface area contributed by atoms with E-state index in [-0.39, 0.29) is 40.6 Å². The summed E-state index contributed by atoms with van der Waals surface area (Å²) >= 11 is 0. The number of benzene rings is 3. The van der Waals surface area contributed by atoms with Gasteiger partial charge in [0.05, 0.1) is 28.9 Å². The highest BCUT2D eigenvalue weighted by Crippen LogP contribution is 2.46. The summed E-state index contributed by atoms with van der Waals surface area (Å²) in [5.41, 5.74) is 3.89. The molecule has 1 atom stereocenters. The number of piperidine rings is 3. The number of carbonyl (C=O) groups is 3. The highest BCUT2D eigenvalue weighted by Gasteiger charge is 2.57. The van der Waals surface area contributed by atoms with Crippen LogP contribution in [0.4, 0.5) is 15.8 Å². The van der Waals surface area contributed by atoms with Crippen LogP contribution in [-0.4, -0.2) is 102 Å². The number of phenols is 1. The van der Waals surface area contributed by atoms with E-state index in [4.69, 9.17) is 0 Å². The molecule has 6 heterocycles. The molecular formula is C45H50FN7O4. The number of phenolic OH excluding ortho intramolecular Hbond substituents is 1. The van der Waals surface area contributed by atoms with Gasteiger partial charge >= 0.3 is 0 Å². The van der Waals surface area contributed by atoms with Crippen LogP contribution >= 0.6 is 0 Å². The zero-order chi connectivity index (χ0) is 39.1. The van der Waals surface area contributed by atoms with E-state index in [1.165, 1.54) is 18.2 Å². The lowest BCUT2D eigenvalue weighted by atomic mass is 9.67. The van der Waals surface area contributed by atoms with E-state index in [9.17, 15) is 19.5 Å². The number of para-hydroxylation sites is 1. The molecule has 9 rings (SSSR count). The van der Waals surface area contributed by atoms with Crippen molar-refractivity contribution in [3.8, 4) is 17.0 Å². The smallest absolute Gasteiger partial charge is 0.234 e. The van der Waals surface area contributed by atoms with Crippen molar-refractivity contribution in [2.24, 2.45) is 11.3 Å². The molecule has 0 bridgehead atoms. The first-order valence-electron chi connectivity index (χ1n) is 20.5. The van der Waals surface area contributed by atoms with E-state index >= 15 is 4.39 Å². The van der Waals surface area contributed by atoms with Crippen molar-refractivity contribution in [3.63, 3.8) is 0 Å². The Hall–Kier alpha value is -5.36. The molecule has 5 saturated heterocycles. The number of likely N-dealkylation sites (tertiary alicyclic amines) is 2. The molecule has 3 amide bonds. The van der Waals surface area contributed by atoms with Gasteiger partial charge in [0, 0.05) is 81.0 Å². The van der Waals surface area contributed by atoms with Gasteiger partial charge in [-0.05, 0) is 92.9 Å². The van der Waals surface area contributed by atoms with Crippen molar-refractivity contribution >= 4 is 29.1 Å². The predicted molar refractivity (Wildman–Crippen MR) is 215 cm³/mol. The van der Waals surface area contributed by atoms with Gasteiger partial charge in [-0.25, -0.2) is 4.39 Å². The number of rotatable bonds is 9. The summed E-state index contributed by atoms with van der Waals surface area (Å²) in [5, 5.41) is 21.3. The first kappa shape index (κ1) is 37.2. The van der Waals surface area contributed by atoms with Crippen LogP contribution in [0.15, 0.2) is 85.1 Å². The molecule has 1 aromatic heterocycles. The van der Waals surface area contributed by atoms with Gasteiger partial charge in [0.1, 0.15) is 11.6 Å². The molecule has 296 valence electrons. The van der Waals surface area contributed by atoms with Crippen LogP contribution in [0.25, 0.3) is 11.3 Å². The minimum atomic E-state index is -0.932. The van der Waals surface area contributed by atoms with Gasteiger partial charge in [0.25, 0.3) is 0 Å². The molecule has 0 aliphatic carbocycles. The molecule has 0 saturated carbocycles. The summed E-state index contributed by atoms with van der Waals surface area (Å²) in [5.74, 6) is -0.100. The first-order valence-corrected chi connectivity index (χ1v) is 20.5. The van der Waals surface area contributed by atoms with Crippen molar-refractivity contribution in [1.82, 2.24) is 25.3 Å². The molecule has 5 aliphatic rings. The van der Waals surface area contributed by atoms with Crippen LogP contribution in [0.5, 0.6) is 5.75 Å². The molecule has 5 fully saturated rings. The van der Waals surface area contributed by atoms with Gasteiger partial charge in [0.2, 0.25) is 17.7 Å². The van der Waals surface area contributed by atoms with E-state index in [1.54, 1.807) is 30.5 Å². The third-order valence-corrected chi connectivity index (χ3v) is 13.4. The lowest BCUT2D eigenvalue weighted by Gasteiger charge is -2.62. The number of halogens is 1. The Bertz CT molecular complexity index is 2130. The predicted octanol–water partition coefficient (Wildman–Crippen LogP) is 5.50. The summed E-state index contributed by atoms with van der Waals surface area (Å²) in [6.45, 7) is 7.69. The average Bonchev–Trinajstić information content (AvgIpc) is 3.20. The van der Waals surface area contributed by atoms with Crippen molar-refractivity contribution < 1.29 is 23.9 Å². The topological polar surface area (TPSA) is 122 Å². The maximum Gasteiger partial charge on any atom is 0.234 e. The Kier molecular flexibility index (Phi) is 9.92. The van der Waals surface area contributed by atoms with E-state index in [0.29, 0.717) is 61.5 Å². The fourth-order valence-corrected chi connectivity index (χ4v) is 10.2. The second-order valence-corrected chi connectivity index (χ2v) is 17.1. The quantitative estimate of drug-likeness (QED) is 0.213. The largest absolute Gasteiger partial charge is 0.507 e. The zero-order valence-corrected chi connectivity index (χ0v) is 32.3. The Morgan fingerprint density at radius 1 is 0.842 bits per heavy atom. The molecule has 0 radical (unpaired) electrons. The summed E-state index contributed by atoms with van der Waals surface area (Å²) in [4.78, 5) is 47.5. The maximum atomic E-state index is 15.5. The van der Waals surface area contributed by atoms with E-state index in [1.807, 2.05) is 41.3 Å². The number of carbonyl (C=O) groups excluding carboxylic acids is 3. The fourth-order valence-electron chi connectivity index (χ4n) is 10.2. The fraction of sp³-hybridized carbons (Fsp3) is 0.444. The molecule has 1 spiro atoms. The molecule has 3 aromatic carbocycles. The lowest BCUT2D eigenvalue weighted by molar-refractivity contribution is -0.166. The van der Waals surface area contributed by atoms with Crippen LogP contribution in [0.2, 0.25) is 0 Å². The van der Waals surface area contributed by atoms with E-state index in [0.717, 1.165) is 69.9 Å². The molecule has 57 heavy (non-hydrogen) atoms. The lowest BCUT2D eigenvalue weighted by Crippen LogP contribution is -2.74. The van der Waals surface area contributed by atoms with Gasteiger partial charge in [-0.2, -0.15) is 10.2 Å². The number of hydrogen-bond donors (Lipinski definition) is 2. The summed E-state index contributed by atoms with van der Waals surface area (Å²) in [6.07, 6.45) is 7.12. The van der Waals surface area contributed by atoms with Gasteiger partial charge < -0.3 is 24.7 Å². The Labute approximate surface area is 332 Å². The van der Waals surface area contributed by atoms with Crippen LogP contribution in [0.1, 0.15) is 62.0 Å². The summed E-state index contributed by atoms with van der Waals surface area (Å²) in [6, 6.07) is 24.0. The standard InChI is InChI=1S/C45H50FN7O4/c46-38-7-3-2-6-37(38)45(18-23-52(24-19-45)34-25-39(49-47-26-34)36-5-1-4-8-40(36)54)43(57)53-29-44(30-53)27-50(28-44)20-15-31-16-21-51(22-17-31)33-11-9-32(10-12-33)35-13-14-41(55)48-42(35)56/h1-12,25-26,31,35,54H,13-24,27-30H2,(H,48,55,56). The molecule has 12 heteroatoms. The Morgan fingerprint density at radius 3 is 2.26 bits per heavy atom. The number of nitrogens with one attached hydrogen (secondary N) is 1. The molecule has 1 unspecified atom stereocenters. The van der Waals surface area contributed by atoms with Crippen molar-refractivity contribution in [2.75, 3.05) is 68.7 Å². The third-order valence-electron chi connectivity index (χ3n) is 13.4. The van der Waals surface area contributed by atoms with Gasteiger partial charge in [-0.1, -0.05) is 42.5 Å². The minimum Gasteiger partial charge on any atom is -0.507 e. The van der Waals surface area contributed by atoms with E-state index in [2.05, 4.69) is 42.3 Å². The number of nitrogens with zero attached hydrogens (tertiary/aromatic N) is 6. The number of anilines is 2. The number of aromatic hydroxyl groups is 1. The van der Waals surface area contributed by atoms with Crippen molar-refractivity contribution in [2.45, 2.75) is 56.3 Å². The molecular weight excluding hydrogens is 722 g/mol. The zero-order valence-electron chi connectivity index (χ0n) is 32.3. The average molecular weight is 772 g/mol. The summed E-state index contributed by atoms with van der Waals surface area (Å²) in [7, 11) is 0. The molecule has 2 N–H and O–H groups in total. The molecule has 5 aliphatic heterocycles. The second kappa shape index (κ2) is 15.2. The van der Waals surface area contributed by atoms with Crippen LogP contribution < -0.4 is 15.1 Å². The number of aromatic nitrogens is 2. The second-order valence-electron chi connectivity index (χ2n) is 17.1. The highest BCUT2D eigenvalue weighted by atomic mass is 19.1. The molecule has 11 nitrogen and oxygen atoms in total. The van der Waals surface area contributed by atoms with Crippen molar-refractivity contribution in [3.05, 3.63) is 102 Å². The Balaban J connectivity index is 0.759. The van der Waals surface area contributed by atoms with Gasteiger partial charge in [-0.3, -0.25) is 19.7 Å². The Morgan fingerprint density at radius 2 is 1.54 bits per heavy atom. The highest BCUT2D eigenvalue weighted by molar-refractivity contribution is 6.01. The van der Waals surface area contributed by atoms with Crippen LogP contribution in [0, 0.1) is 17.2 Å². The van der Waals surface area contributed by atoms with E-state index < -0.39 is 5.41 Å². The van der Waals surface area contributed by atoms with Gasteiger partial charge in [0.15, 0.2) is 0 Å². The number of amides is 3. The van der Waals surface area contributed by atoms with Gasteiger partial charge in [-0.15, -0.1) is 0 Å². The number of hydrogen-bond acceptors (Lipinski definition) is 9. The van der Waals surface area contributed by atoms with Crippen molar-refractivity contribution in [1.29, 1.82) is 0 Å². The normalized spacial score (nSPS) is 22.2. The SMILES string of the molecule is O=C1CCC(c2ccc(N3CCC(CCN4CC5(C4)CN(C(=O)C4(c6ccccc6F)CCN(c6cnnc(-c7ccccc7O)c6)CC4)C5)CC3)cc2)C(=O)N1. The monoisotopic (exact) mass is 771 g/mol. The van der Waals surface area contributed by atoms with Crippen LogP contribution in [-0.2, 0) is 19.8 Å². The molecule has 4 aromatic rings.